The molecule has 17 heavy (non-hydrogen) atoms. The van der Waals surface area contributed by atoms with Gasteiger partial charge in [0.1, 0.15) is 0 Å². The van der Waals surface area contributed by atoms with Crippen LogP contribution in [0.1, 0.15) is 30.8 Å². The van der Waals surface area contributed by atoms with Crippen LogP contribution in [-0.4, -0.2) is 28.5 Å². The van der Waals surface area contributed by atoms with E-state index in [1.54, 1.807) is 0 Å². The molecule has 0 saturated carbocycles. The molecule has 0 bridgehead atoms. The number of hydrazine groups is 1. The molecule has 1 aromatic heterocycles. The number of nitrogens with two attached hydrogens (primary N) is 1. The molecule has 0 fully saturated rings. The maximum atomic E-state index is 5.58. The maximum absolute atomic E-state index is 5.58. The van der Waals surface area contributed by atoms with Crippen LogP contribution in [0, 0.1) is 13.8 Å². The lowest BCUT2D eigenvalue weighted by molar-refractivity contribution is 0.0612. The summed E-state index contributed by atoms with van der Waals surface area (Å²) >= 11 is 0. The van der Waals surface area contributed by atoms with Crippen molar-refractivity contribution >= 4 is 0 Å². The Bertz CT molecular complexity index is 360. The first-order chi connectivity index (χ1) is 7.95. The standard InChI is InChI=1S/C12H24N4O/c1-8(2)17-7-11(14-13)6-12-9(3)15-16(5)10(12)4/h8,11,14H,6-7,13H2,1-5H3. The molecule has 1 aromatic rings. The second-order valence-corrected chi connectivity index (χ2v) is 4.72. The van der Waals surface area contributed by atoms with E-state index in [0.29, 0.717) is 6.61 Å². The molecule has 0 aliphatic carbocycles. The van der Waals surface area contributed by atoms with Gasteiger partial charge in [0.25, 0.3) is 0 Å². The highest BCUT2D eigenvalue weighted by molar-refractivity contribution is 5.25. The van der Waals surface area contributed by atoms with Gasteiger partial charge in [-0.05, 0) is 39.7 Å². The molecule has 0 saturated heterocycles. The third kappa shape index (κ3) is 3.80. The Labute approximate surface area is 103 Å². The summed E-state index contributed by atoms with van der Waals surface area (Å²) in [6.07, 6.45) is 1.07. The number of ether oxygens (including phenoxy) is 1. The van der Waals surface area contributed by atoms with Crippen molar-refractivity contribution in [1.29, 1.82) is 0 Å². The molecule has 0 spiro atoms. The SMILES string of the molecule is Cc1nn(C)c(C)c1CC(COC(C)C)NN. The highest BCUT2D eigenvalue weighted by atomic mass is 16.5. The van der Waals surface area contributed by atoms with Crippen molar-refractivity contribution in [3.05, 3.63) is 17.0 Å². The van der Waals surface area contributed by atoms with Gasteiger partial charge in [0, 0.05) is 18.8 Å². The maximum Gasteiger partial charge on any atom is 0.0639 e. The van der Waals surface area contributed by atoms with Gasteiger partial charge in [-0.3, -0.25) is 16.0 Å². The van der Waals surface area contributed by atoms with Crippen LogP contribution in [0.3, 0.4) is 0 Å². The van der Waals surface area contributed by atoms with Crippen molar-refractivity contribution in [2.75, 3.05) is 6.61 Å². The molecule has 5 heteroatoms. The number of aryl methyl sites for hydroxylation is 2. The third-order valence-electron chi connectivity index (χ3n) is 2.98. The molecular weight excluding hydrogens is 216 g/mol. The predicted octanol–water partition coefficient (Wildman–Crippen LogP) is 0.836. The Hall–Kier alpha value is -0.910. The number of rotatable bonds is 6. The van der Waals surface area contributed by atoms with Crippen LogP contribution in [-0.2, 0) is 18.2 Å². The topological polar surface area (TPSA) is 65.1 Å². The highest BCUT2D eigenvalue weighted by Gasteiger charge is 2.15. The van der Waals surface area contributed by atoms with Crippen LogP contribution in [0.2, 0.25) is 0 Å². The second kappa shape index (κ2) is 6.14. The third-order valence-corrected chi connectivity index (χ3v) is 2.98. The fourth-order valence-electron chi connectivity index (χ4n) is 1.83. The second-order valence-electron chi connectivity index (χ2n) is 4.72. The van der Waals surface area contributed by atoms with Gasteiger partial charge < -0.3 is 4.74 Å². The van der Waals surface area contributed by atoms with E-state index in [1.165, 1.54) is 11.3 Å². The minimum absolute atomic E-state index is 0.124. The lowest BCUT2D eigenvalue weighted by atomic mass is 10.1. The first kappa shape index (κ1) is 14.2. The van der Waals surface area contributed by atoms with Crippen molar-refractivity contribution in [1.82, 2.24) is 15.2 Å². The van der Waals surface area contributed by atoms with Crippen LogP contribution in [0.4, 0.5) is 0 Å². The van der Waals surface area contributed by atoms with Gasteiger partial charge >= 0.3 is 0 Å². The average molecular weight is 240 g/mol. The zero-order valence-electron chi connectivity index (χ0n) is 11.4. The molecule has 0 aliphatic rings. The van der Waals surface area contributed by atoms with E-state index in [1.807, 2.05) is 32.5 Å². The van der Waals surface area contributed by atoms with E-state index < -0.39 is 0 Å². The zero-order valence-corrected chi connectivity index (χ0v) is 11.4. The minimum Gasteiger partial charge on any atom is -0.377 e. The fourth-order valence-corrected chi connectivity index (χ4v) is 1.83. The Balaban J connectivity index is 2.67. The molecule has 1 heterocycles. The van der Waals surface area contributed by atoms with Crippen molar-refractivity contribution in [3.63, 3.8) is 0 Å². The van der Waals surface area contributed by atoms with E-state index >= 15 is 0 Å². The van der Waals surface area contributed by atoms with Crippen LogP contribution >= 0.6 is 0 Å². The summed E-state index contributed by atoms with van der Waals surface area (Å²) in [6, 6.07) is 0.124. The highest BCUT2D eigenvalue weighted by Crippen LogP contribution is 2.14. The van der Waals surface area contributed by atoms with Gasteiger partial charge in [-0.2, -0.15) is 5.10 Å². The van der Waals surface area contributed by atoms with E-state index in [4.69, 9.17) is 10.6 Å². The summed E-state index contributed by atoms with van der Waals surface area (Å²) in [7, 11) is 1.96. The Morgan fingerprint density at radius 1 is 1.41 bits per heavy atom. The van der Waals surface area contributed by atoms with Crippen LogP contribution in [0.5, 0.6) is 0 Å². The summed E-state index contributed by atoms with van der Waals surface area (Å²) in [4.78, 5) is 0. The number of aromatic nitrogens is 2. The molecule has 5 nitrogen and oxygen atoms in total. The van der Waals surface area contributed by atoms with Crippen molar-refractivity contribution < 1.29 is 4.74 Å². The lowest BCUT2D eigenvalue weighted by Gasteiger charge is -2.18. The Morgan fingerprint density at radius 2 is 2.06 bits per heavy atom. The largest absolute Gasteiger partial charge is 0.377 e. The molecule has 1 atom stereocenters. The number of nitrogens with one attached hydrogen (secondary N) is 1. The number of hydrogen-bond donors (Lipinski definition) is 2. The Morgan fingerprint density at radius 3 is 2.47 bits per heavy atom. The predicted molar refractivity (Wildman–Crippen MR) is 68.6 cm³/mol. The van der Waals surface area contributed by atoms with Crippen LogP contribution < -0.4 is 11.3 Å². The molecule has 3 N–H and O–H groups in total. The van der Waals surface area contributed by atoms with Crippen molar-refractivity contribution in [2.24, 2.45) is 12.9 Å². The number of nitrogens with zero attached hydrogens (tertiary/aromatic N) is 2. The molecule has 1 unspecified atom stereocenters. The summed E-state index contributed by atoms with van der Waals surface area (Å²) in [5.74, 6) is 5.56. The number of hydrogen-bond acceptors (Lipinski definition) is 4. The summed E-state index contributed by atoms with van der Waals surface area (Å²) in [6.45, 7) is 8.76. The first-order valence-electron chi connectivity index (χ1n) is 6.02. The van der Waals surface area contributed by atoms with Crippen molar-refractivity contribution in [2.45, 2.75) is 46.3 Å². The summed E-state index contributed by atoms with van der Waals surface area (Å²) in [5.41, 5.74) is 6.31. The smallest absolute Gasteiger partial charge is 0.0639 e. The van der Waals surface area contributed by atoms with Gasteiger partial charge in [-0.25, -0.2) is 0 Å². The van der Waals surface area contributed by atoms with E-state index in [2.05, 4.69) is 17.4 Å². The van der Waals surface area contributed by atoms with E-state index in [-0.39, 0.29) is 12.1 Å². The molecule has 98 valence electrons. The van der Waals surface area contributed by atoms with Crippen LogP contribution in [0.25, 0.3) is 0 Å². The van der Waals surface area contributed by atoms with Gasteiger partial charge in [0.15, 0.2) is 0 Å². The van der Waals surface area contributed by atoms with Crippen molar-refractivity contribution in [3.8, 4) is 0 Å². The van der Waals surface area contributed by atoms with Gasteiger partial charge in [0.05, 0.1) is 18.4 Å². The molecule has 1 rings (SSSR count). The summed E-state index contributed by atoms with van der Waals surface area (Å²) in [5, 5.41) is 4.40. The first-order valence-corrected chi connectivity index (χ1v) is 6.02. The zero-order chi connectivity index (χ0) is 13.0. The van der Waals surface area contributed by atoms with E-state index in [0.717, 1.165) is 12.1 Å². The lowest BCUT2D eigenvalue weighted by Crippen LogP contribution is -2.41. The average Bonchev–Trinajstić information content (AvgIpc) is 2.49. The van der Waals surface area contributed by atoms with Gasteiger partial charge in [0.2, 0.25) is 0 Å². The normalized spacial score (nSPS) is 13.4. The van der Waals surface area contributed by atoms with Gasteiger partial charge in [-0.15, -0.1) is 0 Å². The molecule has 0 aliphatic heterocycles. The fraction of sp³-hybridized carbons (Fsp3) is 0.750. The molecule has 0 amide bonds. The monoisotopic (exact) mass is 240 g/mol. The summed E-state index contributed by atoms with van der Waals surface area (Å²) < 4.78 is 7.49. The van der Waals surface area contributed by atoms with Gasteiger partial charge in [-0.1, -0.05) is 0 Å². The quantitative estimate of drug-likeness (QED) is 0.571. The Kier molecular flexibility index (Phi) is 5.11. The van der Waals surface area contributed by atoms with E-state index in [9.17, 15) is 0 Å². The molecule has 0 aromatic carbocycles. The molecular formula is C12H24N4O. The molecule has 0 radical (unpaired) electrons. The van der Waals surface area contributed by atoms with Crippen LogP contribution in [0.15, 0.2) is 0 Å². The minimum atomic E-state index is 0.124.